The summed E-state index contributed by atoms with van der Waals surface area (Å²) in [6.45, 7) is 0. The van der Waals surface area contributed by atoms with Crippen LogP contribution in [0.4, 0.5) is 5.13 Å². The highest BCUT2D eigenvalue weighted by atomic mass is 32.2. The van der Waals surface area contributed by atoms with Crippen LogP contribution in [0.2, 0.25) is 0 Å². The van der Waals surface area contributed by atoms with Crippen molar-refractivity contribution in [2.45, 2.75) is 37.1 Å². The number of rotatable bonds is 14. The van der Waals surface area contributed by atoms with Crippen LogP contribution in [0.5, 0.6) is 0 Å². The molecule has 1 heterocycles. The number of benzene rings is 2. The molecule has 2 aromatic carbocycles. The highest BCUT2D eigenvalue weighted by Gasteiger charge is 2.34. The van der Waals surface area contributed by atoms with Crippen LogP contribution in [0.1, 0.15) is 32.8 Å². The van der Waals surface area contributed by atoms with E-state index in [2.05, 4.69) is 15.6 Å². The van der Waals surface area contributed by atoms with Crippen molar-refractivity contribution < 1.29 is 32.9 Å². The van der Waals surface area contributed by atoms with Crippen molar-refractivity contribution in [3.63, 3.8) is 0 Å². The van der Waals surface area contributed by atoms with Gasteiger partial charge in [-0.05, 0) is 42.5 Å². The fourth-order valence-electron chi connectivity index (χ4n) is 3.89. The molecular weight excluding hydrogens is 561 g/mol. The number of thiazole rings is 1. The highest BCUT2D eigenvalue weighted by Crippen LogP contribution is 2.17. The first-order valence-corrected chi connectivity index (χ1v) is 16.4. The number of aliphatic hydroxyl groups is 2. The Morgan fingerprint density at radius 2 is 1.56 bits per heavy atom. The normalized spacial score (nSPS) is 14.7. The first kappa shape index (κ1) is 30.7. The lowest BCUT2D eigenvalue weighted by Gasteiger charge is -2.33. The number of nitrogens with zero attached hydrogens (tertiary/aromatic N) is 1. The molecule has 3 aromatic rings. The topological polar surface area (TPSA) is 162 Å². The quantitative estimate of drug-likeness (QED) is 0.184. The van der Waals surface area contributed by atoms with Crippen LogP contribution in [-0.4, -0.2) is 78.0 Å². The molecule has 0 bridgehead atoms. The Balaban J connectivity index is 1.81. The van der Waals surface area contributed by atoms with Gasteiger partial charge in [0.15, 0.2) is 0 Å². The highest BCUT2D eigenvalue weighted by molar-refractivity contribution is 7.98. The first-order valence-electron chi connectivity index (χ1n) is 12.1. The van der Waals surface area contributed by atoms with Crippen molar-refractivity contribution in [3.8, 4) is 0 Å². The van der Waals surface area contributed by atoms with Crippen molar-refractivity contribution in [1.82, 2.24) is 15.6 Å². The fraction of sp³-hybridized carbons (Fsp3) is 0.346. The Hall–Kier alpha value is -2.81. The van der Waals surface area contributed by atoms with E-state index in [1.54, 1.807) is 42.1 Å². The molecular formula is C26H33N4O6S3+. The standard InChI is InChI=1S/C26H32N4O6S3/c1-37-14-13-19(27-24(33)18-11-7-4-8-12-18)22(31)23(32)20(15-17-9-5-3-6-10-17)28-25(34)21-16-38-26(29-21)30-39(2,35)36/h3-12,16,19-20,22-23,31-32H,13-15H2,1-2H3,(H,27,33)(H,28,34)(H,29,30)/p+1/t19-,20+,22-,23-/m1/s1. The smallest absolute Gasteiger partial charge is 0.298 e. The van der Waals surface area contributed by atoms with Gasteiger partial charge < -0.3 is 20.8 Å². The fourth-order valence-corrected chi connectivity index (χ4v) is 6.09. The van der Waals surface area contributed by atoms with Crippen molar-refractivity contribution in [2.75, 3.05) is 18.3 Å². The van der Waals surface area contributed by atoms with Gasteiger partial charge in [-0.3, -0.25) is 9.59 Å². The van der Waals surface area contributed by atoms with Crippen molar-refractivity contribution in [1.29, 1.82) is 0 Å². The predicted octanol–water partition coefficient (Wildman–Crippen LogP) is 0.912. The van der Waals surface area contributed by atoms with Gasteiger partial charge in [-0.25, -0.2) is 0 Å². The third-order valence-electron chi connectivity index (χ3n) is 5.84. The average Bonchev–Trinajstić information content (AvgIpc) is 3.37. The van der Waals surface area contributed by atoms with E-state index in [-0.39, 0.29) is 23.2 Å². The number of thioether (sulfide) groups is 1. The lowest BCUT2D eigenvalue weighted by molar-refractivity contribution is -0.395. The molecule has 0 saturated carbocycles. The number of nitrogens with two attached hydrogens (primary N) is 1. The largest absolute Gasteiger partial charge is 0.388 e. The predicted molar refractivity (Wildman–Crippen MR) is 153 cm³/mol. The number of carbonyl (C=O) groups is 2. The molecule has 3 rings (SSSR count). The molecule has 0 unspecified atom stereocenters. The number of hydrogen-bond acceptors (Lipinski definition) is 9. The first-order chi connectivity index (χ1) is 18.6. The molecule has 1 aromatic heterocycles. The molecule has 0 spiro atoms. The third-order valence-corrected chi connectivity index (χ3v) is 8.08. The van der Waals surface area contributed by atoms with E-state index < -0.39 is 40.2 Å². The molecule has 0 aliphatic rings. The van der Waals surface area contributed by atoms with Gasteiger partial charge in [-0.15, -0.1) is 0 Å². The summed E-state index contributed by atoms with van der Waals surface area (Å²) >= 11 is 2.54. The molecule has 10 nitrogen and oxygen atoms in total. The van der Waals surface area contributed by atoms with Gasteiger partial charge in [0.25, 0.3) is 27.0 Å². The minimum Gasteiger partial charge on any atom is -0.388 e. The number of aliphatic hydroxyl groups excluding tert-OH is 2. The van der Waals surface area contributed by atoms with E-state index in [0.717, 1.165) is 27.9 Å². The minimum atomic E-state index is -3.44. The van der Waals surface area contributed by atoms with E-state index in [4.69, 9.17) is 0 Å². The lowest BCUT2D eigenvalue weighted by Crippen LogP contribution is -2.81. The molecule has 2 amide bonds. The number of primary sulfonamides is 1. The number of aromatic nitrogens is 1. The monoisotopic (exact) mass is 593 g/mol. The molecule has 6 N–H and O–H groups in total. The van der Waals surface area contributed by atoms with Gasteiger partial charge in [0.2, 0.25) is 0 Å². The van der Waals surface area contributed by atoms with E-state index in [1.165, 1.54) is 5.38 Å². The van der Waals surface area contributed by atoms with Gasteiger partial charge in [-0.1, -0.05) is 59.9 Å². The molecule has 0 radical (unpaired) electrons. The van der Waals surface area contributed by atoms with E-state index in [0.29, 0.717) is 17.7 Å². The number of hydrogen-bond donors (Lipinski definition) is 5. The van der Waals surface area contributed by atoms with Crippen molar-refractivity contribution in [2.24, 2.45) is 0 Å². The van der Waals surface area contributed by atoms with E-state index >= 15 is 0 Å². The number of quaternary nitrogens is 1. The summed E-state index contributed by atoms with van der Waals surface area (Å²) in [6.07, 6.45) is 0.674. The Kier molecular flexibility index (Phi) is 11.5. The molecule has 0 saturated heterocycles. The SMILES string of the molecule is CSCC[C@@H](NC(=O)c1ccccc1)[C@@H](O)[C@H](O)[C@H](Cc1ccccc1)NC(=O)c1csc([NH2+]S(C)(=O)=O)n1. The van der Waals surface area contributed by atoms with Gasteiger partial charge in [0.05, 0.1) is 18.3 Å². The molecule has 0 aliphatic carbocycles. The summed E-state index contributed by atoms with van der Waals surface area (Å²) < 4.78 is 24.1. The number of sulfonamides is 1. The second-order valence-electron chi connectivity index (χ2n) is 9.00. The van der Waals surface area contributed by atoms with E-state index in [9.17, 15) is 28.2 Å². The third kappa shape index (κ3) is 9.71. The zero-order chi connectivity index (χ0) is 28.4. The molecule has 0 fully saturated rings. The Labute approximate surface area is 236 Å². The van der Waals surface area contributed by atoms with Crippen LogP contribution >= 0.6 is 23.1 Å². The average molecular weight is 594 g/mol. The second kappa shape index (κ2) is 14.5. The maximum Gasteiger partial charge on any atom is 0.298 e. The number of carbonyl (C=O) groups excluding carboxylic acids is 2. The van der Waals surface area contributed by atoms with Crippen LogP contribution < -0.4 is 15.4 Å². The van der Waals surface area contributed by atoms with E-state index in [1.807, 2.05) is 36.6 Å². The number of nitrogens with one attached hydrogen (secondary N) is 2. The summed E-state index contributed by atoms with van der Waals surface area (Å²) in [5.74, 6) is -0.383. The van der Waals surface area contributed by atoms with Gasteiger partial charge in [-0.2, -0.15) is 29.9 Å². The molecule has 39 heavy (non-hydrogen) atoms. The lowest BCUT2D eigenvalue weighted by atomic mass is 9.92. The van der Waals surface area contributed by atoms with Gasteiger partial charge >= 0.3 is 0 Å². The molecule has 210 valence electrons. The molecule has 0 aliphatic heterocycles. The van der Waals surface area contributed by atoms with Crippen molar-refractivity contribution >= 4 is 50.1 Å². The Bertz CT molecular complexity index is 1320. The van der Waals surface area contributed by atoms with Crippen LogP contribution in [0, 0.1) is 0 Å². The summed E-state index contributed by atoms with van der Waals surface area (Å²) in [4.78, 5) is 30.0. The summed E-state index contributed by atoms with van der Waals surface area (Å²) in [7, 11) is -3.44. The Morgan fingerprint density at radius 3 is 2.18 bits per heavy atom. The van der Waals surface area contributed by atoms with Gasteiger partial charge in [0.1, 0.15) is 17.9 Å². The van der Waals surface area contributed by atoms with Crippen LogP contribution in [-0.2, 0) is 16.4 Å². The summed E-state index contributed by atoms with van der Waals surface area (Å²) in [5, 5.41) is 29.7. The summed E-state index contributed by atoms with van der Waals surface area (Å²) in [6, 6.07) is 16.0. The second-order valence-corrected chi connectivity index (χ2v) is 12.8. The van der Waals surface area contributed by atoms with Crippen LogP contribution in [0.15, 0.2) is 66.0 Å². The van der Waals surface area contributed by atoms with Crippen molar-refractivity contribution in [3.05, 3.63) is 82.9 Å². The van der Waals surface area contributed by atoms with Crippen LogP contribution in [0.25, 0.3) is 0 Å². The van der Waals surface area contributed by atoms with Gasteiger partial charge in [0, 0.05) is 10.9 Å². The summed E-state index contributed by atoms with van der Waals surface area (Å²) in [5.41, 5.74) is 1.23. The molecule has 4 atom stereocenters. The maximum atomic E-state index is 13.1. The Morgan fingerprint density at radius 1 is 0.974 bits per heavy atom. The number of amides is 2. The zero-order valence-corrected chi connectivity index (χ0v) is 24.0. The zero-order valence-electron chi connectivity index (χ0n) is 21.6. The minimum absolute atomic E-state index is 0.00837. The molecule has 13 heteroatoms. The van der Waals surface area contributed by atoms with Crippen LogP contribution in [0.3, 0.4) is 0 Å². The maximum absolute atomic E-state index is 13.1.